The number of nitrogens with zero attached hydrogens (tertiary/aromatic N) is 5. The van der Waals surface area contributed by atoms with E-state index in [0.717, 1.165) is 83.0 Å². The van der Waals surface area contributed by atoms with Crippen LogP contribution in [0.1, 0.15) is 11.1 Å². The van der Waals surface area contributed by atoms with Crippen molar-refractivity contribution >= 4 is 77.1 Å². The molecule has 0 aliphatic heterocycles. The molecular weight excluding hydrogens is 795 g/mol. The Morgan fingerprint density at radius 3 is 2.34 bits per heavy atom. The standard InChI is InChI=1S/C30H15N4O.C13H12N.Ir/c1-2-8-18-17(7-1)13-14-19-20-15-21-26(16-27(20)35-28(18)19)33-24-11-5-4-10-23(24)32-30(33)34-25-12-6-3-9-22(25)31-29(21)34;1-10-3-6-12(7-4-10)13-8-5-11(2)9-14-13;/h1-11,13-16H;3-6,8-9H,1-2H3;/q2*-1;. The Morgan fingerprint density at radius 2 is 1.48 bits per heavy atom. The largest absolute Gasteiger partial charge is 0.455 e. The molecule has 0 saturated carbocycles. The molecule has 0 bridgehead atoms. The first-order chi connectivity index (χ1) is 24.1. The number of furan rings is 1. The summed E-state index contributed by atoms with van der Waals surface area (Å²) in [5, 5.41) is 5.53. The van der Waals surface area contributed by atoms with E-state index in [4.69, 9.17) is 14.4 Å². The van der Waals surface area contributed by atoms with Crippen LogP contribution in [0.15, 0.2) is 132 Å². The van der Waals surface area contributed by atoms with Crippen molar-refractivity contribution in [3.8, 4) is 11.3 Å². The van der Waals surface area contributed by atoms with E-state index in [0.29, 0.717) is 0 Å². The average molecular weight is 822 g/mol. The molecule has 5 heterocycles. The summed E-state index contributed by atoms with van der Waals surface area (Å²) in [6.45, 7) is 4.10. The summed E-state index contributed by atoms with van der Waals surface area (Å²) in [4.78, 5) is 14.4. The van der Waals surface area contributed by atoms with Crippen LogP contribution in [0.4, 0.5) is 0 Å². The van der Waals surface area contributed by atoms with Gasteiger partial charge in [0.15, 0.2) is 0 Å². The predicted octanol–water partition coefficient (Wildman–Crippen LogP) is 10.5. The van der Waals surface area contributed by atoms with Crippen LogP contribution in [-0.4, -0.2) is 23.8 Å². The van der Waals surface area contributed by atoms with Crippen molar-refractivity contribution in [1.29, 1.82) is 0 Å². The van der Waals surface area contributed by atoms with Gasteiger partial charge >= 0.3 is 0 Å². The molecule has 7 heteroatoms. The summed E-state index contributed by atoms with van der Waals surface area (Å²) in [6.07, 6.45) is 1.88. The van der Waals surface area contributed by atoms with Crippen LogP contribution in [0.5, 0.6) is 0 Å². The van der Waals surface area contributed by atoms with Gasteiger partial charge in [0, 0.05) is 53.9 Å². The van der Waals surface area contributed by atoms with Crippen molar-refractivity contribution in [3.63, 3.8) is 0 Å². The summed E-state index contributed by atoms with van der Waals surface area (Å²) in [7, 11) is 0. The molecule has 6 nitrogen and oxygen atoms in total. The first-order valence-electron chi connectivity index (χ1n) is 16.3. The fourth-order valence-electron chi connectivity index (χ4n) is 6.93. The van der Waals surface area contributed by atoms with Gasteiger partial charge in [0.05, 0.1) is 16.6 Å². The number of pyridine rings is 1. The minimum absolute atomic E-state index is 0. The third kappa shape index (κ3) is 4.62. The van der Waals surface area contributed by atoms with E-state index < -0.39 is 0 Å². The molecule has 11 aromatic rings. The van der Waals surface area contributed by atoms with Crippen LogP contribution in [0.25, 0.3) is 88.4 Å². The minimum Gasteiger partial charge on any atom is -0.455 e. The van der Waals surface area contributed by atoms with E-state index in [1.165, 1.54) is 16.5 Å². The fourth-order valence-corrected chi connectivity index (χ4v) is 6.93. The van der Waals surface area contributed by atoms with Gasteiger partial charge in [-0.3, -0.25) is 13.8 Å². The second-order valence-electron chi connectivity index (χ2n) is 12.5. The monoisotopic (exact) mass is 822 g/mol. The summed E-state index contributed by atoms with van der Waals surface area (Å²) < 4.78 is 10.9. The Labute approximate surface area is 300 Å². The predicted molar refractivity (Wildman–Crippen MR) is 198 cm³/mol. The van der Waals surface area contributed by atoms with Gasteiger partial charge in [0.1, 0.15) is 16.8 Å². The number of rotatable bonds is 1. The molecule has 0 N–H and O–H groups in total. The molecule has 0 saturated heterocycles. The molecule has 0 aliphatic carbocycles. The zero-order valence-corrected chi connectivity index (χ0v) is 29.5. The summed E-state index contributed by atoms with van der Waals surface area (Å²) in [5.41, 5.74) is 11.9. The van der Waals surface area contributed by atoms with Gasteiger partial charge in [-0.05, 0) is 58.9 Å². The molecular formula is C43H27IrN5O-2. The normalized spacial score (nSPS) is 11.6. The van der Waals surface area contributed by atoms with Gasteiger partial charge in [-0.25, -0.2) is 4.98 Å². The summed E-state index contributed by atoms with van der Waals surface area (Å²) in [6, 6.07) is 48.0. The first-order valence-corrected chi connectivity index (χ1v) is 16.3. The third-order valence-corrected chi connectivity index (χ3v) is 9.33. The molecule has 1 radical (unpaired) electrons. The number of hydrogen-bond acceptors (Lipinski definition) is 4. The molecule has 0 fully saturated rings. The molecule has 241 valence electrons. The van der Waals surface area contributed by atoms with Crippen molar-refractivity contribution < 1.29 is 24.5 Å². The first kappa shape index (κ1) is 30.2. The Morgan fingerprint density at radius 1 is 0.640 bits per heavy atom. The zero-order chi connectivity index (χ0) is 32.6. The molecule has 0 atom stereocenters. The molecule has 0 spiro atoms. The van der Waals surface area contributed by atoms with Gasteiger partial charge in [-0.15, -0.1) is 41.5 Å². The van der Waals surface area contributed by atoms with Crippen molar-refractivity contribution in [3.05, 3.63) is 151 Å². The Balaban J connectivity index is 0.000000190. The maximum Gasteiger partial charge on any atom is 0.219 e. The maximum absolute atomic E-state index is 6.52. The summed E-state index contributed by atoms with van der Waals surface area (Å²) >= 11 is 0. The maximum atomic E-state index is 6.52. The molecule has 0 aliphatic rings. The number of aromatic nitrogens is 5. The second kappa shape index (κ2) is 11.6. The number of para-hydroxylation sites is 3. The van der Waals surface area contributed by atoms with Gasteiger partial charge in [-0.2, -0.15) is 18.2 Å². The van der Waals surface area contributed by atoms with Crippen molar-refractivity contribution in [2.45, 2.75) is 13.8 Å². The van der Waals surface area contributed by atoms with E-state index in [1.54, 1.807) is 0 Å². The molecule has 50 heavy (non-hydrogen) atoms. The third-order valence-electron chi connectivity index (χ3n) is 9.33. The molecule has 0 amide bonds. The second-order valence-corrected chi connectivity index (χ2v) is 12.5. The zero-order valence-electron chi connectivity index (χ0n) is 27.1. The van der Waals surface area contributed by atoms with E-state index in [1.807, 2.05) is 55.6 Å². The van der Waals surface area contributed by atoms with Gasteiger partial charge in [0.2, 0.25) is 5.78 Å². The van der Waals surface area contributed by atoms with Crippen LogP contribution in [0.3, 0.4) is 0 Å². The molecule has 0 unspecified atom stereocenters. The number of imidazole rings is 2. The van der Waals surface area contributed by atoms with Gasteiger partial charge < -0.3 is 9.40 Å². The number of fused-ring (bicyclic) bond motifs is 15. The van der Waals surface area contributed by atoms with E-state index in [2.05, 4.69) is 112 Å². The van der Waals surface area contributed by atoms with Crippen LogP contribution in [0.2, 0.25) is 0 Å². The topological polar surface area (TPSA) is 60.6 Å². The quantitative estimate of drug-likeness (QED) is 0.155. The van der Waals surface area contributed by atoms with Crippen molar-refractivity contribution in [2.24, 2.45) is 0 Å². The van der Waals surface area contributed by atoms with Gasteiger partial charge in [0.25, 0.3) is 0 Å². The van der Waals surface area contributed by atoms with Crippen LogP contribution in [-0.2, 0) is 20.1 Å². The van der Waals surface area contributed by atoms with Crippen molar-refractivity contribution in [1.82, 2.24) is 23.8 Å². The van der Waals surface area contributed by atoms with Crippen LogP contribution >= 0.6 is 0 Å². The SMILES string of the molecule is Cc1c[c-]c(-c2ccc(C)cn2)cc1.[Ir].[c-]1cccc2nc3c4cc5c(cc4n4c6ccccc6nc4n3c12)oc1c2ccccc2ccc51. The minimum atomic E-state index is 0. The summed E-state index contributed by atoms with van der Waals surface area (Å²) in [5.74, 6) is 0.819. The average Bonchev–Trinajstić information content (AvgIpc) is 3.83. The Kier molecular flexibility index (Phi) is 7.02. The van der Waals surface area contributed by atoms with Crippen LogP contribution < -0.4 is 0 Å². The van der Waals surface area contributed by atoms with Gasteiger partial charge in [-0.1, -0.05) is 61.5 Å². The molecule has 5 aromatic heterocycles. The van der Waals surface area contributed by atoms with E-state index >= 15 is 0 Å². The Bertz CT molecular complexity index is 3020. The molecule has 11 rings (SSSR count). The molecule has 6 aromatic carbocycles. The van der Waals surface area contributed by atoms with E-state index in [9.17, 15) is 0 Å². The number of aryl methyl sites for hydroxylation is 2. The number of hydrogen-bond donors (Lipinski definition) is 0. The fraction of sp³-hybridized carbons (Fsp3) is 0.0465. The van der Waals surface area contributed by atoms with Crippen LogP contribution in [0, 0.1) is 26.0 Å². The number of benzene rings is 6. The Hall–Kier alpha value is -5.88. The van der Waals surface area contributed by atoms with Crippen molar-refractivity contribution in [2.75, 3.05) is 0 Å². The van der Waals surface area contributed by atoms with E-state index in [-0.39, 0.29) is 20.1 Å². The smallest absolute Gasteiger partial charge is 0.219 e.